The van der Waals surface area contributed by atoms with Crippen LogP contribution in [0.4, 0.5) is 5.69 Å². The molecule has 1 aliphatic rings. The van der Waals surface area contributed by atoms with Gasteiger partial charge in [-0.25, -0.2) is 0 Å². The second kappa shape index (κ2) is 10.4. The zero-order valence-corrected chi connectivity index (χ0v) is 21.8. The molecule has 0 radical (unpaired) electrons. The zero-order valence-electron chi connectivity index (χ0n) is 21.8. The maximum atomic E-state index is 13.3. The summed E-state index contributed by atoms with van der Waals surface area (Å²) in [6, 6.07) is 20.3. The molecule has 6 nitrogen and oxygen atoms in total. The van der Waals surface area contributed by atoms with Crippen LogP contribution >= 0.6 is 0 Å². The van der Waals surface area contributed by atoms with Crippen LogP contribution < -0.4 is 14.4 Å². The molecule has 0 spiro atoms. The highest BCUT2D eigenvalue weighted by atomic mass is 16.5. The molecule has 0 aliphatic carbocycles. The third-order valence-corrected chi connectivity index (χ3v) is 7.11. The summed E-state index contributed by atoms with van der Waals surface area (Å²) in [5.74, 6) is 1.58. The molecule has 1 saturated heterocycles. The van der Waals surface area contributed by atoms with Crippen LogP contribution in [0.2, 0.25) is 0 Å². The van der Waals surface area contributed by atoms with E-state index in [0.29, 0.717) is 13.1 Å². The molecule has 1 aromatic heterocycles. The summed E-state index contributed by atoms with van der Waals surface area (Å²) in [5.41, 5.74) is 6.70. The van der Waals surface area contributed by atoms with Gasteiger partial charge in [0.05, 0.1) is 20.5 Å². The molecule has 0 unspecified atom stereocenters. The number of anilines is 1. The molecule has 5 rings (SSSR count). The van der Waals surface area contributed by atoms with Crippen molar-refractivity contribution in [2.24, 2.45) is 0 Å². The predicted octanol–water partition coefficient (Wildman–Crippen LogP) is 6.18. The van der Waals surface area contributed by atoms with Crippen LogP contribution in [0.3, 0.4) is 0 Å². The number of aryl methyl sites for hydroxylation is 1. The third kappa shape index (κ3) is 4.79. The quantitative estimate of drug-likeness (QED) is 0.299. The average molecular weight is 497 g/mol. The Bertz CT molecular complexity index is 1450. The Balaban J connectivity index is 1.39. The van der Waals surface area contributed by atoms with E-state index < -0.39 is 0 Å². The van der Waals surface area contributed by atoms with Gasteiger partial charge in [-0.1, -0.05) is 36.4 Å². The zero-order chi connectivity index (χ0) is 25.9. The number of carbonyl (C=O) groups is 1. The van der Waals surface area contributed by atoms with Gasteiger partial charge in [-0.05, 0) is 43.2 Å². The maximum Gasteiger partial charge on any atom is 0.246 e. The lowest BCUT2D eigenvalue weighted by Crippen LogP contribution is -2.48. The Morgan fingerprint density at radius 2 is 1.70 bits per heavy atom. The standard InChI is InChI=1S/C31H32N2O4/c1-21(17-29(34)33-15-13-32(14-16-33)24-11-8-12-25(18-24)35-3)26-19-27-28(23-9-6-5-7-10-23)20-37-31(27)22(2)30(26)36-4/h5-12,17-20H,13-16H2,1-4H3/b21-17+. The van der Waals surface area contributed by atoms with Crippen molar-refractivity contribution in [3.8, 4) is 22.6 Å². The highest BCUT2D eigenvalue weighted by Crippen LogP contribution is 2.40. The van der Waals surface area contributed by atoms with Gasteiger partial charge in [-0.15, -0.1) is 0 Å². The SMILES string of the molecule is COc1cccc(N2CCN(C(=O)/C=C(\C)c3cc4c(-c5ccccc5)coc4c(C)c3OC)CC2)c1. The first-order valence-electron chi connectivity index (χ1n) is 12.5. The molecule has 0 atom stereocenters. The average Bonchev–Trinajstić information content (AvgIpc) is 3.38. The van der Waals surface area contributed by atoms with Gasteiger partial charge in [0.25, 0.3) is 0 Å². The minimum Gasteiger partial charge on any atom is -0.497 e. The second-order valence-electron chi connectivity index (χ2n) is 9.32. The van der Waals surface area contributed by atoms with E-state index in [1.54, 1.807) is 26.6 Å². The Morgan fingerprint density at radius 1 is 0.946 bits per heavy atom. The monoisotopic (exact) mass is 496 g/mol. The first-order chi connectivity index (χ1) is 18.0. The fourth-order valence-electron chi connectivity index (χ4n) is 5.06. The van der Waals surface area contributed by atoms with Crippen molar-refractivity contribution in [3.63, 3.8) is 0 Å². The number of fused-ring (bicyclic) bond motifs is 1. The molecule has 2 heterocycles. The van der Waals surface area contributed by atoms with Gasteiger partial charge in [0, 0.05) is 66.1 Å². The number of methoxy groups -OCH3 is 2. The Morgan fingerprint density at radius 3 is 2.41 bits per heavy atom. The minimum atomic E-state index is 0.0121. The van der Waals surface area contributed by atoms with Crippen LogP contribution in [-0.2, 0) is 4.79 Å². The molecule has 3 aromatic carbocycles. The number of hydrogen-bond acceptors (Lipinski definition) is 5. The number of hydrogen-bond donors (Lipinski definition) is 0. The molecule has 190 valence electrons. The number of nitrogens with zero attached hydrogens (tertiary/aromatic N) is 2. The van der Waals surface area contributed by atoms with E-state index in [1.807, 2.05) is 55.1 Å². The minimum absolute atomic E-state index is 0.0121. The first kappa shape index (κ1) is 24.5. The number of amides is 1. The molecule has 37 heavy (non-hydrogen) atoms. The van der Waals surface area contributed by atoms with Crippen LogP contribution in [0, 0.1) is 6.92 Å². The Hall–Kier alpha value is -4.19. The van der Waals surface area contributed by atoms with E-state index in [0.717, 1.165) is 69.1 Å². The second-order valence-corrected chi connectivity index (χ2v) is 9.32. The van der Waals surface area contributed by atoms with Crippen LogP contribution in [0.5, 0.6) is 11.5 Å². The van der Waals surface area contributed by atoms with Crippen molar-refractivity contribution in [3.05, 3.63) is 84.1 Å². The van der Waals surface area contributed by atoms with Gasteiger partial charge in [0.15, 0.2) is 0 Å². The van der Waals surface area contributed by atoms with Gasteiger partial charge in [-0.2, -0.15) is 0 Å². The van der Waals surface area contributed by atoms with Gasteiger partial charge in [0.2, 0.25) is 5.91 Å². The molecule has 1 fully saturated rings. The summed E-state index contributed by atoms with van der Waals surface area (Å²) >= 11 is 0. The van der Waals surface area contributed by atoms with E-state index in [1.165, 1.54) is 0 Å². The fourth-order valence-corrected chi connectivity index (χ4v) is 5.06. The van der Waals surface area contributed by atoms with Gasteiger partial charge < -0.3 is 23.7 Å². The molecule has 0 N–H and O–H groups in total. The molecular formula is C31H32N2O4. The topological polar surface area (TPSA) is 55.2 Å². The summed E-state index contributed by atoms with van der Waals surface area (Å²) in [6.07, 6.45) is 3.52. The number of benzene rings is 3. The highest BCUT2D eigenvalue weighted by molar-refractivity contribution is 6.01. The Labute approximate surface area is 217 Å². The number of carbonyl (C=O) groups excluding carboxylic acids is 1. The van der Waals surface area contributed by atoms with Gasteiger partial charge in [-0.3, -0.25) is 4.79 Å². The number of ether oxygens (including phenoxy) is 2. The van der Waals surface area contributed by atoms with Crippen molar-refractivity contribution < 1.29 is 18.7 Å². The van der Waals surface area contributed by atoms with Crippen molar-refractivity contribution in [1.82, 2.24) is 4.90 Å². The molecule has 1 aliphatic heterocycles. The molecule has 6 heteroatoms. The van der Waals surface area contributed by atoms with Crippen molar-refractivity contribution in [2.75, 3.05) is 45.3 Å². The lowest BCUT2D eigenvalue weighted by molar-refractivity contribution is -0.126. The van der Waals surface area contributed by atoms with E-state index in [4.69, 9.17) is 13.9 Å². The molecule has 1 amide bonds. The summed E-state index contributed by atoms with van der Waals surface area (Å²) in [5, 5.41) is 1.01. The number of furan rings is 1. The Kier molecular flexibility index (Phi) is 6.91. The van der Waals surface area contributed by atoms with E-state index >= 15 is 0 Å². The lowest BCUT2D eigenvalue weighted by Gasteiger charge is -2.35. The number of piperazine rings is 1. The van der Waals surface area contributed by atoms with Crippen LogP contribution in [-0.4, -0.2) is 51.2 Å². The van der Waals surface area contributed by atoms with E-state index in [9.17, 15) is 4.79 Å². The molecule has 4 aromatic rings. The number of rotatable bonds is 6. The van der Waals surface area contributed by atoms with Crippen LogP contribution in [0.15, 0.2) is 77.4 Å². The number of allylic oxidation sites excluding steroid dienone is 1. The summed E-state index contributed by atoms with van der Waals surface area (Å²) < 4.78 is 17.1. The van der Waals surface area contributed by atoms with Crippen molar-refractivity contribution >= 4 is 28.1 Å². The smallest absolute Gasteiger partial charge is 0.246 e. The predicted molar refractivity (Wildman–Crippen MR) is 148 cm³/mol. The third-order valence-electron chi connectivity index (χ3n) is 7.11. The lowest BCUT2D eigenvalue weighted by atomic mass is 9.96. The van der Waals surface area contributed by atoms with E-state index in [-0.39, 0.29) is 5.91 Å². The molecule has 0 saturated carbocycles. The van der Waals surface area contributed by atoms with Gasteiger partial charge >= 0.3 is 0 Å². The van der Waals surface area contributed by atoms with Crippen LogP contribution in [0.25, 0.3) is 27.7 Å². The van der Waals surface area contributed by atoms with Crippen molar-refractivity contribution in [1.29, 1.82) is 0 Å². The summed E-state index contributed by atoms with van der Waals surface area (Å²) in [6.45, 7) is 6.83. The van der Waals surface area contributed by atoms with E-state index in [2.05, 4.69) is 29.2 Å². The fraction of sp³-hybridized carbons (Fsp3) is 0.258. The summed E-state index contributed by atoms with van der Waals surface area (Å²) in [7, 11) is 3.33. The maximum absolute atomic E-state index is 13.3. The van der Waals surface area contributed by atoms with Crippen molar-refractivity contribution in [2.45, 2.75) is 13.8 Å². The highest BCUT2D eigenvalue weighted by Gasteiger charge is 2.22. The summed E-state index contributed by atoms with van der Waals surface area (Å²) in [4.78, 5) is 17.5. The normalized spacial score (nSPS) is 14.2. The molecule has 0 bridgehead atoms. The van der Waals surface area contributed by atoms with Gasteiger partial charge in [0.1, 0.15) is 17.1 Å². The largest absolute Gasteiger partial charge is 0.497 e. The van der Waals surface area contributed by atoms with Crippen LogP contribution in [0.1, 0.15) is 18.1 Å². The first-order valence-corrected chi connectivity index (χ1v) is 12.5. The molecular weight excluding hydrogens is 464 g/mol.